The van der Waals surface area contributed by atoms with E-state index >= 15 is 0 Å². The molecule has 4 aromatic heterocycles. The average molecular weight is 833 g/mol. The maximum Gasteiger partial charge on any atom is 0.352 e. The summed E-state index contributed by atoms with van der Waals surface area (Å²) < 4.78 is 9.22. The molecule has 0 saturated heterocycles. The molecule has 1 aromatic carbocycles. The largest absolute Gasteiger partial charge is 0.497 e. The Morgan fingerprint density at radius 1 is 0.839 bits per heavy atom. The highest BCUT2D eigenvalue weighted by molar-refractivity contribution is 5.90. The number of nitrogens with two attached hydrogens (primary N) is 1. The van der Waals surface area contributed by atoms with Gasteiger partial charge in [0.2, 0.25) is 10.4 Å². The van der Waals surface area contributed by atoms with E-state index in [1.54, 1.807) is 33.1 Å². The van der Waals surface area contributed by atoms with Crippen LogP contribution in [0.3, 0.4) is 0 Å². The summed E-state index contributed by atoms with van der Waals surface area (Å²) in [4.78, 5) is 37.1. The molecule has 5 rings (SSSR count). The number of aromatic nitrogens is 7. The lowest BCUT2D eigenvalue weighted by Crippen LogP contribution is -2.29. The van der Waals surface area contributed by atoms with Crippen molar-refractivity contribution < 1.29 is 28.6 Å². The highest BCUT2D eigenvalue weighted by atomic mass is 17.2. The molecule has 4 heterocycles. The Morgan fingerprint density at radius 2 is 1.44 bits per heavy atom. The highest BCUT2D eigenvalue weighted by Crippen LogP contribution is 2.19. The van der Waals surface area contributed by atoms with E-state index < -0.39 is 5.02 Å². The van der Waals surface area contributed by atoms with Crippen molar-refractivity contribution >= 4 is 16.7 Å². The first kappa shape index (κ1) is 45.8. The van der Waals surface area contributed by atoms with Crippen molar-refractivity contribution in [2.24, 2.45) is 32.0 Å². The monoisotopic (exact) mass is 832 g/mol. The molecule has 0 aliphatic carbocycles. The van der Waals surface area contributed by atoms with Crippen LogP contribution >= 0.6 is 0 Å². The maximum atomic E-state index is 13.1. The van der Waals surface area contributed by atoms with Crippen LogP contribution in [-0.4, -0.2) is 51.3 Å². The number of hydrogen-bond donors (Lipinski definition) is 2. The summed E-state index contributed by atoms with van der Waals surface area (Å²) in [6.07, 6.45) is 7.74. The molecule has 0 atom stereocenters. The van der Waals surface area contributed by atoms with E-state index in [2.05, 4.69) is 170 Å². The second-order valence-corrected chi connectivity index (χ2v) is 10.3. The van der Waals surface area contributed by atoms with Crippen LogP contribution < -0.4 is 21.8 Å². The Morgan fingerprint density at radius 3 is 1.98 bits per heavy atom. The molecule has 0 aliphatic heterocycles. The van der Waals surface area contributed by atoms with Crippen molar-refractivity contribution in [1.82, 2.24) is 33.9 Å². The van der Waals surface area contributed by atoms with Gasteiger partial charge in [-0.1, -0.05) is 23.3 Å². The molecule has 3 N–H and O–H groups in total. The van der Waals surface area contributed by atoms with Crippen LogP contribution in [-0.2, 0) is 11.5 Å². The first-order valence-electron chi connectivity index (χ1n) is 16.6. The molecule has 0 aliphatic rings. The van der Waals surface area contributed by atoms with Crippen LogP contribution in [0.2, 0.25) is 0 Å². The number of ether oxygens (including phenoxy) is 1. The minimum atomic E-state index is -0.602. The van der Waals surface area contributed by atoms with Crippen molar-refractivity contribution in [1.29, 1.82) is 0 Å². The molecular formula is C42H36N14O6. The molecule has 20 heteroatoms. The van der Waals surface area contributed by atoms with Gasteiger partial charge in [-0.2, -0.15) is 19.4 Å². The fraction of sp³-hybridized carbons (Fsp3) is 0.0952. The Labute approximate surface area is 360 Å². The summed E-state index contributed by atoms with van der Waals surface area (Å²) >= 11 is 0. The summed E-state index contributed by atoms with van der Waals surface area (Å²) in [6, 6.07) is 12.3. The third-order valence-electron chi connectivity index (χ3n) is 6.50. The zero-order valence-corrected chi connectivity index (χ0v) is 32.4. The van der Waals surface area contributed by atoms with E-state index in [1.807, 2.05) is 24.3 Å². The molecular weight excluding hydrogens is 797 g/mol. The van der Waals surface area contributed by atoms with Crippen LogP contribution in [0.4, 0.5) is 0 Å². The second kappa shape index (κ2) is 26.3. The summed E-state index contributed by atoms with van der Waals surface area (Å²) in [5.41, 5.74) is 2.22. The van der Waals surface area contributed by atoms with Gasteiger partial charge in [-0.25, -0.2) is 14.8 Å². The van der Waals surface area contributed by atoms with E-state index in [1.165, 1.54) is 32.4 Å². The van der Waals surface area contributed by atoms with Crippen molar-refractivity contribution in [2.75, 3.05) is 7.11 Å². The fourth-order valence-electron chi connectivity index (χ4n) is 4.13. The van der Waals surface area contributed by atoms with Gasteiger partial charge >= 0.3 is 5.69 Å². The van der Waals surface area contributed by atoms with Crippen LogP contribution in [0.25, 0.3) is 22.4 Å². The van der Waals surface area contributed by atoms with Gasteiger partial charge in [0, 0.05) is 31.7 Å². The van der Waals surface area contributed by atoms with Crippen LogP contribution in [0.1, 0.15) is 26.7 Å². The van der Waals surface area contributed by atoms with E-state index in [9.17, 15) is 14.8 Å². The van der Waals surface area contributed by atoms with E-state index in [-0.39, 0.29) is 26.4 Å². The van der Waals surface area contributed by atoms with Gasteiger partial charge in [-0.15, -0.1) is 6.42 Å². The third-order valence-corrected chi connectivity index (χ3v) is 6.50. The number of methoxy groups -OCH3 is 1. The maximum absolute atomic E-state index is 13.1. The Balaban J connectivity index is -0.000000489. The molecule has 0 saturated carbocycles. The first-order valence-corrected chi connectivity index (χ1v) is 16.6. The van der Waals surface area contributed by atoms with Gasteiger partial charge in [0.1, 0.15) is 22.9 Å². The van der Waals surface area contributed by atoms with Crippen molar-refractivity contribution in [3.8, 4) is 130 Å². The molecule has 20 nitrogen and oxygen atoms in total. The van der Waals surface area contributed by atoms with Gasteiger partial charge in [-0.3, -0.25) is 14.6 Å². The molecule has 310 valence electrons. The number of hydrogen-bond acceptors (Lipinski definition) is 11. The molecule has 0 radical (unpaired) electrons. The zero-order chi connectivity index (χ0) is 44.8. The van der Waals surface area contributed by atoms with E-state index in [0.717, 1.165) is 11.3 Å². The molecule has 0 fully saturated rings. The third kappa shape index (κ3) is 15.2. The van der Waals surface area contributed by atoms with Crippen molar-refractivity contribution in [3.63, 3.8) is 0 Å². The average Bonchev–Trinajstić information content (AvgIpc) is 3.80. The number of pyridine rings is 1. The number of nitrogens with zero attached hydrogens (tertiary/aromatic N) is 13. The molecule has 5 aromatic rings. The summed E-state index contributed by atoms with van der Waals surface area (Å²) in [5.74, 6) is 52.1. The summed E-state index contributed by atoms with van der Waals surface area (Å²) in [6.45, 7) is 3.78. The van der Waals surface area contributed by atoms with Gasteiger partial charge in [0.25, 0.3) is 5.56 Å². The zero-order valence-electron chi connectivity index (χ0n) is 32.4. The minimum Gasteiger partial charge on any atom is -0.497 e. The van der Waals surface area contributed by atoms with Crippen molar-refractivity contribution in [2.45, 2.75) is 20.4 Å². The smallest absolute Gasteiger partial charge is 0.352 e. The predicted octanol–water partition coefficient (Wildman–Crippen LogP) is 3.46. The first-order chi connectivity index (χ1) is 30.3. The lowest BCUT2D eigenvalue weighted by atomic mass is 10.2. The Bertz CT molecular complexity index is 3340. The second-order valence-electron chi connectivity index (χ2n) is 10.3. The van der Waals surface area contributed by atoms with Gasteiger partial charge in [0.15, 0.2) is 5.65 Å². The number of rotatable bonds is 7. The molecule has 0 amide bonds. The lowest BCUT2D eigenvalue weighted by molar-refractivity contribution is -0.873. The number of fused-ring (bicyclic) bond motifs is 3. The molecule has 62 heavy (non-hydrogen) atoms. The topological polar surface area (TPSA) is 253 Å². The standard InChI is InChI=1S/C21H17N7O3.C21H4.H3N7O3.6H2/c1-13-3-8-18(29)27(25-13)15-9-17-19(22-10-15)26(21(30)28-20(17)23-12-24-28)11-14-4-6-16(31-2)7-5-14;1-3-5-7-9-11-13-15-17-19-21-20-18-16-14-12-10-8-6-4-2;1-2-3-4-5-6-7(8)10-9;;;;;;/h3-10,12H,11H2,1-2H3;1H,2H3;9H,(H2,1,3,5);6*1H. The van der Waals surface area contributed by atoms with Gasteiger partial charge in [-0.05, 0) is 138 Å². The number of aryl methyl sites for hydroxylation is 1. The van der Waals surface area contributed by atoms with Crippen LogP contribution in [0, 0.1) is 131 Å². The highest BCUT2D eigenvalue weighted by Gasteiger charge is 2.16. The Hall–Kier alpha value is -10.6. The normalized spacial score (nSPS) is 9.05. The molecule has 0 spiro atoms. The Kier molecular flexibility index (Phi) is 19.4. The number of benzene rings is 1. The van der Waals surface area contributed by atoms with E-state index in [4.69, 9.17) is 16.4 Å². The SMILES string of the molecule is C#CC#CC#CC#CC#CC#CC#CC#CC#CC#CC.COc1ccc(Cn2c(=O)n3ncnc3c3cc(-n4nc(C)ccc4=O)cnc32)cc1.NN=NN=NN=[N+]([O-])OO.[HH].[HH].[HH].[HH].[HH].[HH]. The summed E-state index contributed by atoms with van der Waals surface area (Å²) in [5, 5.41) is 39.0. The minimum absolute atomic E-state index is 0. The fourth-order valence-corrected chi connectivity index (χ4v) is 4.13. The van der Waals surface area contributed by atoms with Crippen molar-refractivity contribution in [3.05, 3.63) is 92.3 Å². The molecule has 0 bridgehead atoms. The quantitative estimate of drug-likeness (QED) is 0.0790. The predicted molar refractivity (Wildman–Crippen MR) is 234 cm³/mol. The van der Waals surface area contributed by atoms with Crippen LogP contribution in [0.5, 0.6) is 5.75 Å². The lowest BCUT2D eigenvalue weighted by Gasteiger charge is -2.12. The summed E-state index contributed by atoms with van der Waals surface area (Å²) in [7, 11) is 1.60. The number of terminal acetylenes is 1. The van der Waals surface area contributed by atoms with Crippen LogP contribution in [0.15, 0.2) is 90.7 Å². The van der Waals surface area contributed by atoms with E-state index in [0.29, 0.717) is 28.1 Å². The van der Waals surface area contributed by atoms with Gasteiger partial charge in [0.05, 0.1) is 41.6 Å². The van der Waals surface area contributed by atoms with Gasteiger partial charge < -0.3 is 20.8 Å². The molecule has 0 unspecified atom stereocenters.